The number of nitrogens with two attached hydrogens (primary N) is 1. The zero-order valence-electron chi connectivity index (χ0n) is 12.2. The summed E-state index contributed by atoms with van der Waals surface area (Å²) >= 11 is 0. The van der Waals surface area contributed by atoms with Crippen LogP contribution in [0.25, 0.3) is 21.7 Å². The summed E-state index contributed by atoms with van der Waals surface area (Å²) in [6.45, 7) is 0. The van der Waals surface area contributed by atoms with Crippen LogP contribution in [0.4, 0.5) is 5.69 Å². The van der Waals surface area contributed by atoms with Gasteiger partial charge in [0.25, 0.3) is 10.0 Å². The molecule has 0 spiro atoms. The third-order valence-corrected chi connectivity index (χ3v) is 5.77. The van der Waals surface area contributed by atoms with Crippen LogP contribution < -0.4 is 5.73 Å². The first-order chi connectivity index (χ1) is 11.1. The van der Waals surface area contributed by atoms with Gasteiger partial charge in [0.2, 0.25) is 0 Å². The molecule has 5 heteroatoms. The molecule has 3 aromatic carbocycles. The van der Waals surface area contributed by atoms with Crippen LogP contribution in [0.5, 0.6) is 0 Å². The van der Waals surface area contributed by atoms with Crippen LogP contribution in [-0.2, 0) is 10.0 Å². The van der Waals surface area contributed by atoms with Gasteiger partial charge in [-0.1, -0.05) is 42.5 Å². The van der Waals surface area contributed by atoms with Crippen molar-refractivity contribution in [2.75, 3.05) is 5.73 Å². The first kappa shape index (κ1) is 13.8. The van der Waals surface area contributed by atoms with E-state index in [2.05, 4.69) is 0 Å². The zero-order chi connectivity index (χ0) is 16.0. The molecule has 0 radical (unpaired) electrons. The SMILES string of the molecule is Nc1cccc2c1ccn2S(=O)(=O)c1cccc2ccccc12. The summed E-state index contributed by atoms with van der Waals surface area (Å²) in [7, 11) is -3.70. The van der Waals surface area contributed by atoms with E-state index >= 15 is 0 Å². The molecule has 0 unspecified atom stereocenters. The lowest BCUT2D eigenvalue weighted by atomic mass is 10.1. The molecule has 0 aliphatic carbocycles. The van der Waals surface area contributed by atoms with Gasteiger partial charge in [0.05, 0.1) is 10.4 Å². The quantitative estimate of drug-likeness (QED) is 0.573. The van der Waals surface area contributed by atoms with Crippen LogP contribution >= 0.6 is 0 Å². The molecule has 0 aliphatic rings. The number of benzene rings is 3. The minimum atomic E-state index is -3.70. The van der Waals surface area contributed by atoms with E-state index in [1.54, 1.807) is 42.6 Å². The van der Waals surface area contributed by atoms with Gasteiger partial charge in [-0.25, -0.2) is 12.4 Å². The topological polar surface area (TPSA) is 65.1 Å². The molecule has 0 fully saturated rings. The third kappa shape index (κ3) is 2.01. The maximum absolute atomic E-state index is 13.2. The molecule has 114 valence electrons. The predicted molar refractivity (Wildman–Crippen MR) is 92.9 cm³/mol. The summed E-state index contributed by atoms with van der Waals surface area (Å²) in [5.41, 5.74) is 7.08. The lowest BCUT2D eigenvalue weighted by molar-refractivity contribution is 0.590. The number of rotatable bonds is 2. The standard InChI is InChI=1S/C18H14N2O2S/c19-16-8-4-9-17-15(16)11-12-20(17)23(21,22)18-10-3-6-13-5-1-2-7-14(13)18/h1-12H,19H2. The van der Waals surface area contributed by atoms with Crippen molar-refractivity contribution in [3.05, 3.63) is 72.9 Å². The number of anilines is 1. The predicted octanol–water partition coefficient (Wildman–Crippen LogP) is 3.61. The molecular formula is C18H14N2O2S. The highest BCUT2D eigenvalue weighted by atomic mass is 32.2. The van der Waals surface area contributed by atoms with Crippen LogP contribution in [0.2, 0.25) is 0 Å². The highest BCUT2D eigenvalue weighted by molar-refractivity contribution is 7.90. The Labute approximate surface area is 133 Å². The number of fused-ring (bicyclic) bond motifs is 2. The first-order valence-electron chi connectivity index (χ1n) is 7.18. The molecule has 4 aromatic rings. The van der Waals surface area contributed by atoms with E-state index in [4.69, 9.17) is 5.73 Å². The number of hydrogen-bond acceptors (Lipinski definition) is 3. The van der Waals surface area contributed by atoms with Gasteiger partial charge >= 0.3 is 0 Å². The molecule has 0 bridgehead atoms. The Kier molecular flexibility index (Phi) is 2.92. The molecule has 1 aromatic heterocycles. The fourth-order valence-corrected chi connectivity index (χ4v) is 4.47. The smallest absolute Gasteiger partial charge is 0.268 e. The Morgan fingerprint density at radius 3 is 2.39 bits per heavy atom. The van der Waals surface area contributed by atoms with E-state index in [1.165, 1.54) is 3.97 Å². The van der Waals surface area contributed by atoms with Gasteiger partial charge < -0.3 is 5.73 Å². The monoisotopic (exact) mass is 322 g/mol. The normalized spacial score (nSPS) is 12.0. The van der Waals surface area contributed by atoms with E-state index in [1.807, 2.05) is 30.3 Å². The van der Waals surface area contributed by atoms with Gasteiger partial charge in [0.15, 0.2) is 0 Å². The molecule has 0 aliphatic heterocycles. The van der Waals surface area contributed by atoms with Gasteiger partial charge in [-0.3, -0.25) is 0 Å². The zero-order valence-corrected chi connectivity index (χ0v) is 13.0. The average Bonchev–Trinajstić information content (AvgIpc) is 3.00. The second-order valence-corrected chi connectivity index (χ2v) is 7.16. The minimum Gasteiger partial charge on any atom is -0.398 e. The Bertz CT molecular complexity index is 1140. The Morgan fingerprint density at radius 1 is 0.783 bits per heavy atom. The summed E-state index contributed by atoms with van der Waals surface area (Å²) in [4.78, 5) is 0.288. The third-order valence-electron chi connectivity index (χ3n) is 4.02. The molecule has 0 saturated heterocycles. The van der Waals surface area contributed by atoms with Crippen LogP contribution in [0.3, 0.4) is 0 Å². The lowest BCUT2D eigenvalue weighted by Crippen LogP contribution is -2.12. The number of nitrogens with zero attached hydrogens (tertiary/aromatic N) is 1. The van der Waals surface area contributed by atoms with Gasteiger partial charge in [0, 0.05) is 22.7 Å². The molecule has 0 saturated carbocycles. The van der Waals surface area contributed by atoms with Crippen molar-refractivity contribution in [1.82, 2.24) is 3.97 Å². The van der Waals surface area contributed by atoms with Gasteiger partial charge in [-0.2, -0.15) is 0 Å². The second-order valence-electron chi connectivity index (χ2n) is 5.37. The van der Waals surface area contributed by atoms with Gasteiger partial charge in [-0.15, -0.1) is 0 Å². The maximum atomic E-state index is 13.2. The van der Waals surface area contributed by atoms with E-state index in [9.17, 15) is 8.42 Å². The molecule has 0 amide bonds. The molecule has 4 nitrogen and oxygen atoms in total. The Hall–Kier alpha value is -2.79. The Morgan fingerprint density at radius 2 is 1.52 bits per heavy atom. The molecular weight excluding hydrogens is 308 g/mol. The van der Waals surface area contributed by atoms with Crippen LogP contribution in [-0.4, -0.2) is 12.4 Å². The lowest BCUT2D eigenvalue weighted by Gasteiger charge is -2.10. The average molecular weight is 322 g/mol. The summed E-state index contributed by atoms with van der Waals surface area (Å²) in [5.74, 6) is 0. The molecule has 1 heterocycles. The summed E-state index contributed by atoms with van der Waals surface area (Å²) in [6, 6.07) is 19.8. The van der Waals surface area contributed by atoms with Crippen LogP contribution in [0.15, 0.2) is 77.8 Å². The fourth-order valence-electron chi connectivity index (χ4n) is 2.90. The van der Waals surface area contributed by atoms with E-state index in [-0.39, 0.29) is 4.90 Å². The highest BCUT2D eigenvalue weighted by Crippen LogP contribution is 2.29. The first-order valence-corrected chi connectivity index (χ1v) is 8.62. The van der Waals surface area contributed by atoms with Crippen molar-refractivity contribution in [1.29, 1.82) is 0 Å². The van der Waals surface area contributed by atoms with Crippen molar-refractivity contribution < 1.29 is 8.42 Å². The number of hydrogen-bond donors (Lipinski definition) is 1. The number of aromatic nitrogens is 1. The Balaban J connectivity index is 2.05. The van der Waals surface area contributed by atoms with Crippen molar-refractivity contribution in [3.8, 4) is 0 Å². The fraction of sp³-hybridized carbons (Fsp3) is 0. The van der Waals surface area contributed by atoms with Crippen molar-refractivity contribution >= 4 is 37.4 Å². The summed E-state index contributed by atoms with van der Waals surface area (Å²) in [6.07, 6.45) is 1.55. The summed E-state index contributed by atoms with van der Waals surface area (Å²) < 4.78 is 27.6. The number of nitrogen functional groups attached to an aromatic ring is 1. The molecule has 0 atom stereocenters. The summed E-state index contributed by atoms with van der Waals surface area (Å²) in [5, 5.41) is 2.33. The van der Waals surface area contributed by atoms with Crippen LogP contribution in [0.1, 0.15) is 0 Å². The molecule has 23 heavy (non-hydrogen) atoms. The van der Waals surface area contributed by atoms with E-state index in [0.717, 1.165) is 10.8 Å². The largest absolute Gasteiger partial charge is 0.398 e. The molecule has 2 N–H and O–H groups in total. The van der Waals surface area contributed by atoms with E-state index < -0.39 is 10.0 Å². The second kappa shape index (κ2) is 4.86. The van der Waals surface area contributed by atoms with Crippen LogP contribution in [0, 0.1) is 0 Å². The van der Waals surface area contributed by atoms with Gasteiger partial charge in [0.1, 0.15) is 0 Å². The van der Waals surface area contributed by atoms with Crippen molar-refractivity contribution in [2.24, 2.45) is 0 Å². The minimum absolute atomic E-state index is 0.288. The van der Waals surface area contributed by atoms with Crippen molar-refractivity contribution in [2.45, 2.75) is 4.90 Å². The highest BCUT2D eigenvalue weighted by Gasteiger charge is 2.21. The van der Waals surface area contributed by atoms with Crippen molar-refractivity contribution in [3.63, 3.8) is 0 Å². The van der Waals surface area contributed by atoms with Gasteiger partial charge in [-0.05, 0) is 29.7 Å². The maximum Gasteiger partial charge on any atom is 0.268 e. The molecule has 4 rings (SSSR count). The van der Waals surface area contributed by atoms with E-state index in [0.29, 0.717) is 16.6 Å².